The first kappa shape index (κ1) is 19.3. The lowest BCUT2D eigenvalue weighted by Gasteiger charge is -2.23. The molecule has 2 aromatic carbocycles. The molecule has 2 aromatic rings. The molecule has 0 saturated heterocycles. The van der Waals surface area contributed by atoms with Gasteiger partial charge in [0.1, 0.15) is 17.4 Å². The molecule has 0 aliphatic carbocycles. The summed E-state index contributed by atoms with van der Waals surface area (Å²) in [6.45, 7) is 0.930. The van der Waals surface area contributed by atoms with Crippen LogP contribution in [0.1, 0.15) is 11.1 Å². The molecule has 136 valence electrons. The van der Waals surface area contributed by atoms with Crippen LogP contribution >= 0.6 is 0 Å². The number of likely N-dealkylation sites (N-methyl/N-ethyl adjacent to an activating group) is 1. The zero-order valence-corrected chi connectivity index (χ0v) is 14.4. The summed E-state index contributed by atoms with van der Waals surface area (Å²) in [5.41, 5.74) is 1.54. The fourth-order valence-electron chi connectivity index (χ4n) is 2.70. The fraction of sp³-hybridized carbons (Fsp3) is 0.368. The molecule has 2 rings (SSSR count). The molecule has 0 heterocycles. The van der Waals surface area contributed by atoms with Crippen molar-refractivity contribution in [3.8, 4) is 5.75 Å². The van der Waals surface area contributed by atoms with Crippen molar-refractivity contribution in [1.29, 1.82) is 0 Å². The average molecular weight is 350 g/mol. The van der Waals surface area contributed by atoms with E-state index < -0.39 is 17.7 Å². The minimum absolute atomic E-state index is 0.320. The lowest BCUT2D eigenvalue weighted by molar-refractivity contribution is 0.128. The number of hydrogen-bond donors (Lipinski definition) is 3. The summed E-state index contributed by atoms with van der Waals surface area (Å²) < 4.78 is 31.8. The second-order valence-corrected chi connectivity index (χ2v) is 5.93. The van der Waals surface area contributed by atoms with Gasteiger partial charge in [0.15, 0.2) is 0 Å². The van der Waals surface area contributed by atoms with E-state index in [1.165, 1.54) is 12.1 Å². The number of methoxy groups -OCH3 is 1. The van der Waals surface area contributed by atoms with Crippen molar-refractivity contribution in [3.63, 3.8) is 0 Å². The summed E-state index contributed by atoms with van der Waals surface area (Å²) in [6.07, 6.45) is -0.380. The van der Waals surface area contributed by atoms with E-state index in [0.29, 0.717) is 25.1 Å². The van der Waals surface area contributed by atoms with Gasteiger partial charge in [-0.3, -0.25) is 0 Å². The maximum Gasteiger partial charge on any atom is 0.126 e. The van der Waals surface area contributed by atoms with Crippen LogP contribution in [0.4, 0.5) is 8.78 Å². The number of ether oxygens (including phenoxy) is 1. The first-order chi connectivity index (χ1) is 12.0. The molecule has 0 spiro atoms. The van der Waals surface area contributed by atoms with Crippen molar-refractivity contribution >= 4 is 0 Å². The zero-order valence-electron chi connectivity index (χ0n) is 14.4. The quantitative estimate of drug-likeness (QED) is 0.649. The summed E-state index contributed by atoms with van der Waals surface area (Å²) in [5.74, 6) is -0.452. The second kappa shape index (κ2) is 9.46. The van der Waals surface area contributed by atoms with E-state index in [-0.39, 0.29) is 6.04 Å². The van der Waals surface area contributed by atoms with Gasteiger partial charge < -0.3 is 20.5 Å². The third-order valence-corrected chi connectivity index (χ3v) is 4.03. The number of hydrogen-bond acceptors (Lipinski definition) is 4. The van der Waals surface area contributed by atoms with Crippen LogP contribution in [0.5, 0.6) is 5.75 Å². The van der Waals surface area contributed by atoms with E-state index in [0.717, 1.165) is 17.4 Å². The Morgan fingerprint density at radius 3 is 2.44 bits per heavy atom. The number of rotatable bonds is 9. The smallest absolute Gasteiger partial charge is 0.126 e. The van der Waals surface area contributed by atoms with E-state index >= 15 is 0 Å². The normalized spacial score (nSPS) is 13.5. The van der Waals surface area contributed by atoms with Crippen LogP contribution in [-0.4, -0.2) is 38.0 Å². The van der Waals surface area contributed by atoms with Gasteiger partial charge in [0.25, 0.3) is 0 Å². The minimum atomic E-state index is -0.707. The van der Waals surface area contributed by atoms with Gasteiger partial charge in [-0.1, -0.05) is 12.1 Å². The molecule has 0 fully saturated rings. The molecular formula is C19H24F2N2O2. The molecule has 0 aliphatic heterocycles. The van der Waals surface area contributed by atoms with Gasteiger partial charge in [-0.15, -0.1) is 0 Å². The molecular weight excluding hydrogens is 326 g/mol. The van der Waals surface area contributed by atoms with Crippen molar-refractivity contribution < 1.29 is 18.6 Å². The van der Waals surface area contributed by atoms with Crippen LogP contribution in [0.2, 0.25) is 0 Å². The number of halogens is 2. The predicted octanol–water partition coefficient (Wildman–Crippen LogP) is 2.25. The number of aliphatic hydroxyl groups is 1. The van der Waals surface area contributed by atoms with Crippen molar-refractivity contribution in [1.82, 2.24) is 10.6 Å². The highest BCUT2D eigenvalue weighted by atomic mass is 19.1. The summed E-state index contributed by atoms with van der Waals surface area (Å²) in [4.78, 5) is 0. The Hall–Kier alpha value is -2.02. The van der Waals surface area contributed by atoms with E-state index in [2.05, 4.69) is 10.6 Å². The highest BCUT2D eigenvalue weighted by molar-refractivity contribution is 5.28. The van der Waals surface area contributed by atoms with Gasteiger partial charge in [-0.25, -0.2) is 8.78 Å². The summed E-state index contributed by atoms with van der Waals surface area (Å²) >= 11 is 0. The third kappa shape index (κ3) is 6.08. The molecule has 4 nitrogen and oxygen atoms in total. The minimum Gasteiger partial charge on any atom is -0.497 e. The van der Waals surface area contributed by atoms with E-state index in [4.69, 9.17) is 4.74 Å². The highest BCUT2D eigenvalue weighted by Crippen LogP contribution is 2.13. The Kier molecular flexibility index (Phi) is 7.31. The predicted molar refractivity (Wildman–Crippen MR) is 93.6 cm³/mol. The SMILES string of the molecule is CN[C@@H](Cc1cc(F)cc(F)c1)[C@H](O)CNCc1cccc(OC)c1. The monoisotopic (exact) mass is 350 g/mol. The van der Waals surface area contributed by atoms with Gasteiger partial charge in [0.2, 0.25) is 0 Å². The fourth-order valence-corrected chi connectivity index (χ4v) is 2.70. The number of benzene rings is 2. The Morgan fingerprint density at radius 1 is 1.08 bits per heavy atom. The lowest BCUT2D eigenvalue weighted by Crippen LogP contribution is -2.44. The average Bonchev–Trinajstić information content (AvgIpc) is 2.59. The van der Waals surface area contributed by atoms with Gasteiger partial charge in [0, 0.05) is 25.2 Å². The van der Waals surface area contributed by atoms with Gasteiger partial charge in [-0.05, 0) is 48.9 Å². The van der Waals surface area contributed by atoms with Crippen molar-refractivity contribution in [2.45, 2.75) is 25.1 Å². The Bertz CT molecular complexity index is 662. The largest absolute Gasteiger partial charge is 0.497 e. The summed E-state index contributed by atoms with van der Waals surface area (Å²) in [7, 11) is 3.33. The van der Waals surface area contributed by atoms with Crippen LogP contribution in [-0.2, 0) is 13.0 Å². The van der Waals surface area contributed by atoms with Crippen molar-refractivity contribution in [2.75, 3.05) is 20.7 Å². The molecule has 0 radical (unpaired) electrons. The Labute approximate surface area is 146 Å². The molecule has 3 N–H and O–H groups in total. The Morgan fingerprint density at radius 2 is 1.80 bits per heavy atom. The molecule has 25 heavy (non-hydrogen) atoms. The topological polar surface area (TPSA) is 53.5 Å². The van der Waals surface area contributed by atoms with Crippen LogP contribution < -0.4 is 15.4 Å². The molecule has 0 unspecified atom stereocenters. The molecule has 0 bridgehead atoms. The van der Waals surface area contributed by atoms with E-state index in [1.807, 2.05) is 24.3 Å². The maximum atomic E-state index is 13.3. The van der Waals surface area contributed by atoms with Crippen molar-refractivity contribution in [2.24, 2.45) is 0 Å². The van der Waals surface area contributed by atoms with Gasteiger partial charge in [0.05, 0.1) is 13.2 Å². The second-order valence-electron chi connectivity index (χ2n) is 5.93. The molecule has 0 aliphatic rings. The molecule has 0 aromatic heterocycles. The van der Waals surface area contributed by atoms with Crippen LogP contribution in [0.15, 0.2) is 42.5 Å². The van der Waals surface area contributed by atoms with E-state index in [1.54, 1.807) is 14.2 Å². The molecule has 0 saturated carbocycles. The standard InChI is InChI=1S/C19H24F2N2O2/c1-22-18(9-14-6-15(20)10-16(21)7-14)19(24)12-23-11-13-4-3-5-17(8-13)25-2/h3-8,10,18-19,22-24H,9,11-12H2,1-2H3/t18-,19+/m0/s1. The zero-order chi connectivity index (χ0) is 18.2. The summed E-state index contributed by atoms with van der Waals surface area (Å²) in [6, 6.07) is 10.7. The number of nitrogens with one attached hydrogen (secondary N) is 2. The maximum absolute atomic E-state index is 13.3. The Balaban J connectivity index is 1.87. The van der Waals surface area contributed by atoms with E-state index in [9.17, 15) is 13.9 Å². The third-order valence-electron chi connectivity index (χ3n) is 4.03. The number of aliphatic hydroxyl groups excluding tert-OH is 1. The van der Waals surface area contributed by atoms with Crippen LogP contribution in [0.25, 0.3) is 0 Å². The van der Waals surface area contributed by atoms with Gasteiger partial charge in [-0.2, -0.15) is 0 Å². The van der Waals surface area contributed by atoms with Gasteiger partial charge >= 0.3 is 0 Å². The summed E-state index contributed by atoms with van der Waals surface area (Å²) in [5, 5.41) is 16.5. The lowest BCUT2D eigenvalue weighted by atomic mass is 10.0. The first-order valence-electron chi connectivity index (χ1n) is 8.15. The highest BCUT2D eigenvalue weighted by Gasteiger charge is 2.18. The molecule has 0 amide bonds. The molecule has 2 atom stereocenters. The first-order valence-corrected chi connectivity index (χ1v) is 8.15. The molecule has 6 heteroatoms. The van der Waals surface area contributed by atoms with Crippen LogP contribution in [0, 0.1) is 11.6 Å². The van der Waals surface area contributed by atoms with Crippen molar-refractivity contribution in [3.05, 3.63) is 65.2 Å². The van der Waals surface area contributed by atoms with Crippen LogP contribution in [0.3, 0.4) is 0 Å².